The summed E-state index contributed by atoms with van der Waals surface area (Å²) in [6.07, 6.45) is 0. The van der Waals surface area contributed by atoms with Gasteiger partial charge in [-0.2, -0.15) is 5.26 Å². The van der Waals surface area contributed by atoms with E-state index >= 15 is 0 Å². The van der Waals surface area contributed by atoms with E-state index < -0.39 is 0 Å². The molecule has 2 rings (SSSR count). The smallest absolute Gasteiger partial charge is 0.227 e. The van der Waals surface area contributed by atoms with Gasteiger partial charge in [0.2, 0.25) is 5.95 Å². The molecule has 0 radical (unpaired) electrons. The van der Waals surface area contributed by atoms with Crippen molar-refractivity contribution in [1.82, 2.24) is 9.97 Å². The van der Waals surface area contributed by atoms with Crippen molar-refractivity contribution in [1.29, 1.82) is 5.26 Å². The van der Waals surface area contributed by atoms with Gasteiger partial charge in [0.05, 0.1) is 5.69 Å². The zero-order valence-electron chi connectivity index (χ0n) is 14.6. The lowest BCUT2D eigenvalue weighted by molar-refractivity contribution is 0.590. The van der Waals surface area contributed by atoms with E-state index in [9.17, 15) is 5.26 Å². The molecule has 0 N–H and O–H groups in total. The first-order valence-corrected chi connectivity index (χ1v) is 8.04. The van der Waals surface area contributed by atoms with Crippen LogP contribution in [0.1, 0.15) is 45.9 Å². The Balaban J connectivity index is 2.46. The second kappa shape index (κ2) is 6.78. The molecule has 23 heavy (non-hydrogen) atoms. The lowest BCUT2D eigenvalue weighted by atomic mass is 9.86. The van der Waals surface area contributed by atoms with Crippen molar-refractivity contribution in [2.75, 3.05) is 18.0 Å². The third kappa shape index (κ3) is 3.87. The summed E-state index contributed by atoms with van der Waals surface area (Å²) in [6, 6.07) is 12.3. The van der Waals surface area contributed by atoms with Gasteiger partial charge in [-0.15, -0.1) is 0 Å². The fourth-order valence-corrected chi connectivity index (χ4v) is 2.43. The van der Waals surface area contributed by atoms with Gasteiger partial charge in [-0.05, 0) is 24.8 Å². The van der Waals surface area contributed by atoms with E-state index in [0.29, 0.717) is 11.6 Å². The average Bonchev–Trinajstić information content (AvgIpc) is 2.55. The largest absolute Gasteiger partial charge is 0.341 e. The molecule has 2 aromatic rings. The lowest BCUT2D eigenvalue weighted by Crippen LogP contribution is -2.24. The summed E-state index contributed by atoms with van der Waals surface area (Å²) in [6.45, 7) is 12.3. The molecule has 0 saturated heterocycles. The highest BCUT2D eigenvalue weighted by molar-refractivity contribution is 5.62. The van der Waals surface area contributed by atoms with Crippen LogP contribution in [-0.2, 0) is 5.41 Å². The number of nitriles is 1. The van der Waals surface area contributed by atoms with Crippen LogP contribution in [0.4, 0.5) is 5.95 Å². The van der Waals surface area contributed by atoms with Crippen LogP contribution in [0.2, 0.25) is 0 Å². The first-order valence-electron chi connectivity index (χ1n) is 8.04. The molecule has 1 heterocycles. The fourth-order valence-electron chi connectivity index (χ4n) is 2.43. The van der Waals surface area contributed by atoms with Crippen LogP contribution in [-0.4, -0.2) is 23.1 Å². The van der Waals surface area contributed by atoms with Crippen LogP contribution in [0.15, 0.2) is 30.3 Å². The summed E-state index contributed by atoms with van der Waals surface area (Å²) in [7, 11) is 0. The zero-order valence-corrected chi connectivity index (χ0v) is 14.6. The standard InChI is InChI=1S/C19H24N4/c1-6-23(7-2)18-21-16(13-20)12-17(22-18)14-8-10-15(11-9-14)19(3,4)5/h8-12H,6-7H2,1-5H3. The second-order valence-corrected chi connectivity index (χ2v) is 6.55. The molecule has 1 aromatic carbocycles. The molecule has 1 aromatic heterocycles. The number of hydrogen-bond donors (Lipinski definition) is 0. The molecular formula is C19H24N4. The maximum absolute atomic E-state index is 9.25. The number of nitrogens with zero attached hydrogens (tertiary/aromatic N) is 4. The Bertz CT molecular complexity index is 702. The second-order valence-electron chi connectivity index (χ2n) is 6.55. The third-order valence-electron chi connectivity index (χ3n) is 3.92. The van der Waals surface area contributed by atoms with Crippen molar-refractivity contribution in [2.45, 2.75) is 40.0 Å². The van der Waals surface area contributed by atoms with Crippen molar-refractivity contribution >= 4 is 5.95 Å². The van der Waals surface area contributed by atoms with Crippen molar-refractivity contribution in [3.05, 3.63) is 41.6 Å². The maximum Gasteiger partial charge on any atom is 0.227 e. The van der Waals surface area contributed by atoms with Gasteiger partial charge < -0.3 is 4.90 Å². The molecule has 120 valence electrons. The van der Waals surface area contributed by atoms with Gasteiger partial charge in [-0.1, -0.05) is 45.0 Å². The Morgan fingerprint density at radius 3 is 2.13 bits per heavy atom. The first kappa shape index (κ1) is 17.0. The van der Waals surface area contributed by atoms with Crippen molar-refractivity contribution in [3.63, 3.8) is 0 Å². The van der Waals surface area contributed by atoms with E-state index in [-0.39, 0.29) is 5.41 Å². The van der Waals surface area contributed by atoms with Gasteiger partial charge in [0.25, 0.3) is 0 Å². The molecule has 0 aliphatic carbocycles. The molecule has 0 bridgehead atoms. The summed E-state index contributed by atoms with van der Waals surface area (Å²) in [5, 5.41) is 9.25. The molecule has 0 amide bonds. The topological polar surface area (TPSA) is 52.8 Å². The van der Waals surface area contributed by atoms with Crippen LogP contribution in [0.25, 0.3) is 11.3 Å². The van der Waals surface area contributed by atoms with Crippen LogP contribution < -0.4 is 4.90 Å². The van der Waals surface area contributed by atoms with Gasteiger partial charge in [0.15, 0.2) is 0 Å². The van der Waals surface area contributed by atoms with Gasteiger partial charge in [0.1, 0.15) is 11.8 Å². The Morgan fingerprint density at radius 1 is 1.04 bits per heavy atom. The highest BCUT2D eigenvalue weighted by Gasteiger charge is 2.14. The molecule has 0 atom stereocenters. The predicted octanol–water partition coefficient (Wildman–Crippen LogP) is 4.16. The quantitative estimate of drug-likeness (QED) is 0.851. The molecule has 0 saturated carbocycles. The molecule has 0 spiro atoms. The number of rotatable bonds is 4. The van der Waals surface area contributed by atoms with Gasteiger partial charge in [-0.25, -0.2) is 9.97 Å². The molecule has 0 fully saturated rings. The highest BCUT2D eigenvalue weighted by atomic mass is 15.2. The number of anilines is 1. The zero-order chi connectivity index (χ0) is 17.0. The molecule has 4 heteroatoms. The summed E-state index contributed by atoms with van der Waals surface area (Å²) < 4.78 is 0. The average molecular weight is 308 g/mol. The van der Waals surface area contributed by atoms with E-state index in [2.05, 4.69) is 74.9 Å². The van der Waals surface area contributed by atoms with E-state index in [4.69, 9.17) is 0 Å². The molecule has 0 aliphatic heterocycles. The minimum absolute atomic E-state index is 0.119. The van der Waals surface area contributed by atoms with Gasteiger partial charge in [-0.3, -0.25) is 0 Å². The molecule has 0 unspecified atom stereocenters. The minimum atomic E-state index is 0.119. The van der Waals surface area contributed by atoms with E-state index in [1.165, 1.54) is 5.56 Å². The number of aromatic nitrogens is 2. The minimum Gasteiger partial charge on any atom is -0.341 e. The number of benzene rings is 1. The molecule has 4 nitrogen and oxygen atoms in total. The van der Waals surface area contributed by atoms with Crippen molar-refractivity contribution < 1.29 is 0 Å². The van der Waals surface area contributed by atoms with Crippen LogP contribution in [0, 0.1) is 11.3 Å². The predicted molar refractivity (Wildman–Crippen MR) is 94.4 cm³/mol. The highest BCUT2D eigenvalue weighted by Crippen LogP contribution is 2.26. The summed E-state index contributed by atoms with van der Waals surface area (Å²) in [5.41, 5.74) is 3.59. The van der Waals surface area contributed by atoms with Crippen LogP contribution >= 0.6 is 0 Å². The van der Waals surface area contributed by atoms with E-state index in [1.807, 2.05) is 4.90 Å². The number of hydrogen-bond acceptors (Lipinski definition) is 4. The Labute approximate surface area is 138 Å². The summed E-state index contributed by atoms with van der Waals surface area (Å²) in [5.74, 6) is 0.615. The van der Waals surface area contributed by atoms with Gasteiger partial charge in [0, 0.05) is 24.7 Å². The Hall–Kier alpha value is -2.41. The Morgan fingerprint density at radius 2 is 1.65 bits per heavy atom. The summed E-state index contributed by atoms with van der Waals surface area (Å²) in [4.78, 5) is 11.0. The summed E-state index contributed by atoms with van der Waals surface area (Å²) >= 11 is 0. The van der Waals surface area contributed by atoms with E-state index in [0.717, 1.165) is 24.3 Å². The molecular weight excluding hydrogens is 284 g/mol. The fraction of sp³-hybridized carbons (Fsp3) is 0.421. The first-order chi connectivity index (χ1) is 10.9. The SMILES string of the molecule is CCN(CC)c1nc(C#N)cc(-c2ccc(C(C)(C)C)cc2)n1. The van der Waals surface area contributed by atoms with Crippen LogP contribution in [0.5, 0.6) is 0 Å². The Kier molecular flexibility index (Phi) is 5.00. The maximum atomic E-state index is 9.25. The van der Waals surface area contributed by atoms with Crippen molar-refractivity contribution in [2.24, 2.45) is 0 Å². The normalized spacial score (nSPS) is 11.1. The van der Waals surface area contributed by atoms with Crippen molar-refractivity contribution in [3.8, 4) is 17.3 Å². The van der Waals surface area contributed by atoms with E-state index in [1.54, 1.807) is 6.07 Å². The monoisotopic (exact) mass is 308 g/mol. The lowest BCUT2D eigenvalue weighted by Gasteiger charge is -2.20. The van der Waals surface area contributed by atoms with Gasteiger partial charge >= 0.3 is 0 Å². The third-order valence-corrected chi connectivity index (χ3v) is 3.92. The van der Waals surface area contributed by atoms with Crippen LogP contribution in [0.3, 0.4) is 0 Å². The molecule has 0 aliphatic rings.